The molecule has 0 spiro atoms. The van der Waals surface area contributed by atoms with E-state index in [-0.39, 0.29) is 16.9 Å². The molecule has 0 bridgehead atoms. The molecular weight excluding hydrogens is 460 g/mol. The van der Waals surface area contributed by atoms with Gasteiger partial charge in [0.2, 0.25) is 17.5 Å². The first-order valence-electron chi connectivity index (χ1n) is 9.78. The van der Waals surface area contributed by atoms with Gasteiger partial charge in [-0.1, -0.05) is 0 Å². The number of aliphatic hydroxyl groups excluding tert-OH is 4. The van der Waals surface area contributed by atoms with Crippen LogP contribution in [0.3, 0.4) is 0 Å². The van der Waals surface area contributed by atoms with Crippen molar-refractivity contribution in [2.45, 2.75) is 30.7 Å². The number of phenols is 4. The Balaban J connectivity index is 1.78. The molecule has 1 aromatic heterocycles. The van der Waals surface area contributed by atoms with E-state index < -0.39 is 82.6 Å². The van der Waals surface area contributed by atoms with Crippen molar-refractivity contribution >= 4 is 11.0 Å². The van der Waals surface area contributed by atoms with Crippen LogP contribution in [-0.4, -0.2) is 83.3 Å². The molecule has 1 fully saturated rings. The molecule has 5 atom stereocenters. The number of hydrogen-bond acceptors (Lipinski definition) is 13. The fraction of sp³-hybridized carbons (Fsp3) is 0.286. The van der Waals surface area contributed by atoms with Crippen LogP contribution in [0.1, 0.15) is 0 Å². The summed E-state index contributed by atoms with van der Waals surface area (Å²) in [5.74, 6) is -4.77. The fourth-order valence-electron chi connectivity index (χ4n) is 3.56. The van der Waals surface area contributed by atoms with Gasteiger partial charge in [-0.2, -0.15) is 0 Å². The summed E-state index contributed by atoms with van der Waals surface area (Å²) in [6, 6.07) is 3.85. The summed E-state index contributed by atoms with van der Waals surface area (Å²) in [6.45, 7) is -0.697. The molecule has 2 aromatic carbocycles. The lowest BCUT2D eigenvalue weighted by molar-refractivity contribution is -0.277. The zero-order valence-electron chi connectivity index (χ0n) is 17.1. The van der Waals surface area contributed by atoms with Crippen molar-refractivity contribution in [3.8, 4) is 45.8 Å². The van der Waals surface area contributed by atoms with Crippen LogP contribution >= 0.6 is 0 Å². The molecule has 0 saturated carbocycles. The minimum Gasteiger partial charge on any atom is -0.507 e. The van der Waals surface area contributed by atoms with Crippen LogP contribution < -0.4 is 10.2 Å². The molecule has 9 N–H and O–H groups in total. The maximum absolute atomic E-state index is 12.7. The van der Waals surface area contributed by atoms with E-state index in [1.807, 2.05) is 0 Å². The van der Waals surface area contributed by atoms with E-state index in [0.717, 1.165) is 24.3 Å². The van der Waals surface area contributed by atoms with E-state index in [0.29, 0.717) is 0 Å². The first-order chi connectivity index (χ1) is 16.0. The first kappa shape index (κ1) is 23.4. The van der Waals surface area contributed by atoms with Crippen molar-refractivity contribution in [2.75, 3.05) is 6.61 Å². The Kier molecular flexibility index (Phi) is 5.89. The monoisotopic (exact) mass is 480 g/mol. The second-order valence-electron chi connectivity index (χ2n) is 7.60. The van der Waals surface area contributed by atoms with Gasteiger partial charge < -0.3 is 59.8 Å². The average molecular weight is 480 g/mol. The second-order valence-corrected chi connectivity index (χ2v) is 7.60. The van der Waals surface area contributed by atoms with Crippen molar-refractivity contribution < 1.29 is 59.8 Å². The minimum atomic E-state index is -1.75. The molecular formula is C21H20O13. The molecule has 0 aliphatic carbocycles. The van der Waals surface area contributed by atoms with Gasteiger partial charge in [0.05, 0.1) is 6.61 Å². The predicted octanol–water partition coefficient (Wildman–Crippen LogP) is -0.833. The topological polar surface area (TPSA) is 231 Å². The maximum atomic E-state index is 12.7. The van der Waals surface area contributed by atoms with Crippen molar-refractivity contribution in [3.63, 3.8) is 0 Å². The Labute approximate surface area is 189 Å². The molecule has 1 saturated heterocycles. The van der Waals surface area contributed by atoms with Crippen molar-refractivity contribution in [1.29, 1.82) is 0 Å². The summed E-state index contributed by atoms with van der Waals surface area (Å²) in [5, 5.41) is 88.3. The molecule has 34 heavy (non-hydrogen) atoms. The van der Waals surface area contributed by atoms with Gasteiger partial charge in [-0.25, -0.2) is 0 Å². The number of aromatic hydroxyl groups is 5. The Bertz CT molecular complexity index is 1280. The van der Waals surface area contributed by atoms with E-state index in [1.165, 1.54) is 0 Å². The van der Waals surface area contributed by atoms with E-state index in [2.05, 4.69) is 0 Å². The van der Waals surface area contributed by atoms with Gasteiger partial charge in [0, 0.05) is 17.7 Å². The summed E-state index contributed by atoms with van der Waals surface area (Å²) >= 11 is 0. The highest BCUT2D eigenvalue weighted by Crippen LogP contribution is 2.42. The highest BCUT2D eigenvalue weighted by molar-refractivity contribution is 5.88. The molecule has 2 heterocycles. The fourth-order valence-corrected chi connectivity index (χ4v) is 3.56. The molecule has 4 rings (SSSR count). The smallest absolute Gasteiger partial charge is 0.238 e. The lowest BCUT2D eigenvalue weighted by Crippen LogP contribution is -2.60. The standard InChI is InChI=1S/C21H20O13/c22-5-12-15(27)17(29)19(31)21(34-12)32-7-3-8(23)13-11(4-7)33-20(18(30)16(13)28)6-1-9(24)14(26)10(25)2-6/h1-4,12,15,17,19,21-27,29-31H,5H2/t12?,15?,17?,19-,21?/m1/s1. The molecule has 182 valence electrons. The number of fused-ring (bicyclic) bond motifs is 1. The zero-order valence-corrected chi connectivity index (χ0v) is 17.1. The Morgan fingerprint density at radius 2 is 1.47 bits per heavy atom. The maximum Gasteiger partial charge on any atom is 0.238 e. The van der Waals surface area contributed by atoms with Crippen molar-refractivity contribution in [2.24, 2.45) is 0 Å². The lowest BCUT2D eigenvalue weighted by Gasteiger charge is -2.39. The van der Waals surface area contributed by atoms with Gasteiger partial charge in [-0.05, 0) is 12.1 Å². The van der Waals surface area contributed by atoms with Crippen LogP contribution in [0.4, 0.5) is 0 Å². The van der Waals surface area contributed by atoms with Gasteiger partial charge in [-0.15, -0.1) is 0 Å². The number of benzene rings is 2. The van der Waals surface area contributed by atoms with Crippen LogP contribution in [0.2, 0.25) is 0 Å². The Morgan fingerprint density at radius 3 is 2.09 bits per heavy atom. The molecule has 1 aliphatic rings. The number of phenolic OH excluding ortho intramolecular Hbond substituents is 4. The molecule has 0 radical (unpaired) electrons. The van der Waals surface area contributed by atoms with E-state index in [4.69, 9.17) is 13.9 Å². The number of aliphatic hydroxyl groups is 4. The number of ether oxygens (including phenoxy) is 2. The SMILES string of the molecule is O=c1c(O)c(-c2cc(O)c(O)c(O)c2)oc2cc(OC3OC(CO)C(O)C(O)[C@H]3O)cc(O)c12. The van der Waals surface area contributed by atoms with Crippen LogP contribution in [0, 0.1) is 0 Å². The minimum absolute atomic E-state index is 0.191. The summed E-state index contributed by atoms with van der Waals surface area (Å²) < 4.78 is 16.2. The van der Waals surface area contributed by atoms with Crippen LogP contribution in [-0.2, 0) is 4.74 Å². The lowest BCUT2D eigenvalue weighted by atomic mass is 9.99. The largest absolute Gasteiger partial charge is 0.507 e. The van der Waals surface area contributed by atoms with E-state index in [9.17, 15) is 50.8 Å². The summed E-state index contributed by atoms with van der Waals surface area (Å²) in [7, 11) is 0. The van der Waals surface area contributed by atoms with Crippen LogP contribution in [0.25, 0.3) is 22.3 Å². The predicted molar refractivity (Wildman–Crippen MR) is 111 cm³/mol. The molecule has 13 heteroatoms. The molecule has 4 unspecified atom stereocenters. The van der Waals surface area contributed by atoms with Crippen molar-refractivity contribution in [3.05, 3.63) is 34.5 Å². The number of hydrogen-bond donors (Lipinski definition) is 9. The third-order valence-electron chi connectivity index (χ3n) is 5.36. The highest BCUT2D eigenvalue weighted by Gasteiger charge is 2.44. The first-order valence-corrected chi connectivity index (χ1v) is 9.78. The molecule has 3 aromatic rings. The molecule has 13 nitrogen and oxygen atoms in total. The average Bonchev–Trinajstić information content (AvgIpc) is 2.79. The van der Waals surface area contributed by atoms with Gasteiger partial charge in [-0.3, -0.25) is 4.79 Å². The van der Waals surface area contributed by atoms with Gasteiger partial charge in [0.25, 0.3) is 0 Å². The highest BCUT2D eigenvalue weighted by atomic mass is 16.7. The third kappa shape index (κ3) is 3.81. The van der Waals surface area contributed by atoms with E-state index >= 15 is 0 Å². The van der Waals surface area contributed by atoms with Crippen LogP contribution in [0.5, 0.6) is 34.5 Å². The molecule has 1 aliphatic heterocycles. The second kappa shape index (κ2) is 8.55. The van der Waals surface area contributed by atoms with Gasteiger partial charge in [0.15, 0.2) is 23.0 Å². The Morgan fingerprint density at radius 1 is 0.824 bits per heavy atom. The normalized spacial score (nSPS) is 24.9. The summed E-state index contributed by atoms with van der Waals surface area (Å²) in [5.41, 5.74) is -1.59. The zero-order chi connectivity index (χ0) is 24.9. The van der Waals surface area contributed by atoms with Crippen LogP contribution in [0.15, 0.2) is 33.5 Å². The quantitative estimate of drug-likeness (QED) is 0.208. The summed E-state index contributed by atoms with van der Waals surface area (Å²) in [4.78, 5) is 12.7. The Hall–Kier alpha value is -3.75. The van der Waals surface area contributed by atoms with Gasteiger partial charge in [0.1, 0.15) is 46.9 Å². The number of rotatable bonds is 4. The molecule has 0 amide bonds. The third-order valence-corrected chi connectivity index (χ3v) is 5.36. The summed E-state index contributed by atoms with van der Waals surface area (Å²) in [6.07, 6.45) is -7.94. The van der Waals surface area contributed by atoms with Gasteiger partial charge >= 0.3 is 0 Å². The van der Waals surface area contributed by atoms with E-state index in [1.54, 1.807) is 0 Å². The van der Waals surface area contributed by atoms with Crippen molar-refractivity contribution in [1.82, 2.24) is 0 Å².